The van der Waals surface area contributed by atoms with Gasteiger partial charge in [0.2, 0.25) is 17.5 Å². The lowest BCUT2D eigenvalue weighted by molar-refractivity contribution is -0.277. The number of aromatic hydroxyl groups is 7. The normalized spacial score (nSPS) is 21.7. The Hall–Kier alpha value is -5.42. The summed E-state index contributed by atoms with van der Waals surface area (Å²) in [7, 11) is 0. The molecule has 0 bridgehead atoms. The first-order valence-electron chi connectivity index (χ1n) is 12.6. The molecule has 0 unspecified atom stereocenters. The van der Waals surface area contributed by atoms with Gasteiger partial charge in [0.15, 0.2) is 34.5 Å². The van der Waals surface area contributed by atoms with Gasteiger partial charge in [0.25, 0.3) is 0 Å². The number of phenols is 6. The number of aliphatic hydroxyl groups excluding tert-OH is 3. The summed E-state index contributed by atoms with van der Waals surface area (Å²) in [5.41, 5.74) is -1.71. The van der Waals surface area contributed by atoms with Crippen molar-refractivity contribution in [2.75, 3.05) is 6.61 Å². The Morgan fingerprint density at radius 3 is 2.11 bits per heavy atom. The van der Waals surface area contributed by atoms with Crippen molar-refractivity contribution in [3.05, 3.63) is 58.3 Å². The number of ether oxygens (including phenoxy) is 3. The van der Waals surface area contributed by atoms with E-state index in [-0.39, 0.29) is 22.5 Å². The van der Waals surface area contributed by atoms with E-state index in [1.165, 1.54) is 6.07 Å². The topological polar surface area (TPSA) is 277 Å². The molecule has 5 rings (SSSR count). The van der Waals surface area contributed by atoms with Crippen molar-refractivity contribution in [2.24, 2.45) is 0 Å². The molecule has 1 saturated heterocycles. The maximum absolute atomic E-state index is 12.6. The van der Waals surface area contributed by atoms with Gasteiger partial charge in [0.05, 0.1) is 5.56 Å². The predicted octanol–water partition coefficient (Wildman–Crippen LogP) is 0.443. The van der Waals surface area contributed by atoms with Crippen LogP contribution in [0.25, 0.3) is 22.3 Å². The average molecular weight is 616 g/mol. The Morgan fingerprint density at radius 2 is 1.45 bits per heavy atom. The molecule has 0 radical (unpaired) electrons. The van der Waals surface area contributed by atoms with E-state index in [2.05, 4.69) is 0 Å². The molecule has 16 nitrogen and oxygen atoms in total. The SMILES string of the molecule is O=C(OC[C@H]1O[C@@H](Oc2ccc(-c3oc4cc(O)cc(O)c4c(=O)c3O)cc2O)[C@H](O)[C@@H](O)[C@@H]1O)c1cc(O)c(O)c(O)c1. The lowest BCUT2D eigenvalue weighted by Gasteiger charge is -2.39. The smallest absolute Gasteiger partial charge is 0.338 e. The van der Waals surface area contributed by atoms with Gasteiger partial charge in [0, 0.05) is 17.7 Å². The minimum Gasteiger partial charge on any atom is -0.508 e. The van der Waals surface area contributed by atoms with E-state index in [0.717, 1.165) is 36.4 Å². The van der Waals surface area contributed by atoms with Crippen LogP contribution in [0.4, 0.5) is 0 Å². The number of benzene rings is 3. The van der Waals surface area contributed by atoms with Crippen LogP contribution in [0.5, 0.6) is 46.0 Å². The quantitative estimate of drug-likeness (QED) is 0.104. The molecule has 16 heteroatoms. The third kappa shape index (κ3) is 5.40. The van der Waals surface area contributed by atoms with Gasteiger partial charge in [0.1, 0.15) is 53.5 Å². The lowest BCUT2D eigenvalue weighted by atomic mass is 9.99. The minimum atomic E-state index is -1.88. The van der Waals surface area contributed by atoms with Crippen molar-refractivity contribution in [3.8, 4) is 57.3 Å². The van der Waals surface area contributed by atoms with Crippen LogP contribution in [0.15, 0.2) is 51.7 Å². The fourth-order valence-electron chi connectivity index (χ4n) is 4.47. The van der Waals surface area contributed by atoms with Crippen molar-refractivity contribution >= 4 is 16.9 Å². The van der Waals surface area contributed by atoms with E-state index in [1.807, 2.05) is 0 Å². The van der Waals surface area contributed by atoms with Crippen molar-refractivity contribution in [1.29, 1.82) is 0 Å². The molecule has 1 fully saturated rings. The third-order valence-corrected chi connectivity index (χ3v) is 6.75. The van der Waals surface area contributed by atoms with Crippen LogP contribution in [-0.2, 0) is 9.47 Å². The molecule has 10 N–H and O–H groups in total. The van der Waals surface area contributed by atoms with Crippen LogP contribution in [0.2, 0.25) is 0 Å². The molecule has 2 heterocycles. The second-order valence-corrected chi connectivity index (χ2v) is 9.72. The first kappa shape index (κ1) is 30.1. The molecule has 0 amide bonds. The highest BCUT2D eigenvalue weighted by atomic mass is 16.7. The second-order valence-electron chi connectivity index (χ2n) is 9.72. The van der Waals surface area contributed by atoms with E-state index < -0.39 is 100 Å². The molecule has 1 aromatic heterocycles. The maximum atomic E-state index is 12.6. The molecule has 0 spiro atoms. The number of phenolic OH excluding ortho intramolecular Hbond substituents is 6. The van der Waals surface area contributed by atoms with Crippen molar-refractivity contribution in [2.45, 2.75) is 30.7 Å². The van der Waals surface area contributed by atoms with Gasteiger partial charge >= 0.3 is 5.97 Å². The highest BCUT2D eigenvalue weighted by molar-refractivity contribution is 5.91. The molecule has 5 atom stereocenters. The monoisotopic (exact) mass is 616 g/mol. The van der Waals surface area contributed by atoms with Gasteiger partial charge in [-0.15, -0.1) is 0 Å². The van der Waals surface area contributed by atoms with Crippen molar-refractivity contribution in [1.82, 2.24) is 0 Å². The largest absolute Gasteiger partial charge is 0.508 e. The zero-order chi connectivity index (χ0) is 32.0. The fourth-order valence-corrected chi connectivity index (χ4v) is 4.47. The lowest BCUT2D eigenvalue weighted by Crippen LogP contribution is -2.60. The Morgan fingerprint density at radius 1 is 0.773 bits per heavy atom. The van der Waals surface area contributed by atoms with E-state index in [9.17, 15) is 60.7 Å². The highest BCUT2D eigenvalue weighted by Gasteiger charge is 2.45. The first-order valence-corrected chi connectivity index (χ1v) is 12.6. The zero-order valence-electron chi connectivity index (χ0n) is 22.1. The molecule has 0 aliphatic carbocycles. The van der Waals surface area contributed by atoms with Crippen LogP contribution in [0, 0.1) is 0 Å². The van der Waals surface area contributed by atoms with Crippen LogP contribution >= 0.6 is 0 Å². The Balaban J connectivity index is 1.34. The third-order valence-electron chi connectivity index (χ3n) is 6.75. The number of carbonyl (C=O) groups is 1. The van der Waals surface area contributed by atoms with Crippen LogP contribution in [0.3, 0.4) is 0 Å². The van der Waals surface area contributed by atoms with Gasteiger partial charge in [-0.1, -0.05) is 0 Å². The molecule has 232 valence electrons. The van der Waals surface area contributed by atoms with Gasteiger partial charge in [-0.2, -0.15) is 0 Å². The maximum Gasteiger partial charge on any atom is 0.338 e. The van der Waals surface area contributed by atoms with Gasteiger partial charge in [-0.05, 0) is 30.3 Å². The van der Waals surface area contributed by atoms with Crippen molar-refractivity contribution < 1.29 is 74.5 Å². The molecule has 1 aliphatic rings. The van der Waals surface area contributed by atoms with Gasteiger partial charge in [-0.3, -0.25) is 4.79 Å². The first-order chi connectivity index (χ1) is 20.8. The molecular weight excluding hydrogens is 592 g/mol. The Kier molecular flexibility index (Phi) is 7.75. The molecular formula is C28H24O16. The van der Waals surface area contributed by atoms with Crippen LogP contribution < -0.4 is 10.2 Å². The Bertz CT molecular complexity index is 1790. The van der Waals surface area contributed by atoms with E-state index in [0.29, 0.717) is 0 Å². The number of esters is 1. The fraction of sp³-hybridized carbons (Fsp3) is 0.214. The number of rotatable bonds is 6. The molecule has 44 heavy (non-hydrogen) atoms. The summed E-state index contributed by atoms with van der Waals surface area (Å²) in [6.45, 7) is -0.720. The summed E-state index contributed by atoms with van der Waals surface area (Å²) >= 11 is 0. The highest BCUT2D eigenvalue weighted by Crippen LogP contribution is 2.39. The molecule has 4 aromatic rings. The summed E-state index contributed by atoms with van der Waals surface area (Å²) in [6.07, 6.45) is -8.76. The van der Waals surface area contributed by atoms with Gasteiger partial charge in [-0.25, -0.2) is 4.79 Å². The summed E-state index contributed by atoms with van der Waals surface area (Å²) in [5.74, 6) is -6.96. The number of carbonyl (C=O) groups excluding carboxylic acids is 1. The van der Waals surface area contributed by atoms with Gasteiger partial charge < -0.3 is 69.7 Å². The predicted molar refractivity (Wildman–Crippen MR) is 144 cm³/mol. The van der Waals surface area contributed by atoms with Crippen LogP contribution in [0.1, 0.15) is 10.4 Å². The van der Waals surface area contributed by atoms with E-state index in [1.54, 1.807) is 0 Å². The zero-order valence-corrected chi connectivity index (χ0v) is 22.1. The second kappa shape index (κ2) is 11.3. The number of aliphatic hydroxyl groups is 3. The summed E-state index contributed by atoms with van der Waals surface area (Å²) in [5, 5.41) is 100. The molecule has 3 aromatic carbocycles. The van der Waals surface area contributed by atoms with E-state index in [4.69, 9.17) is 18.6 Å². The average Bonchev–Trinajstić information content (AvgIpc) is 2.97. The number of hydrogen-bond acceptors (Lipinski definition) is 16. The number of fused-ring (bicyclic) bond motifs is 1. The van der Waals surface area contributed by atoms with Crippen LogP contribution in [-0.4, -0.2) is 94.3 Å². The summed E-state index contributed by atoms with van der Waals surface area (Å²) < 4.78 is 21.4. The Labute approximate surface area is 244 Å². The summed E-state index contributed by atoms with van der Waals surface area (Å²) in [6, 6.07) is 6.89. The van der Waals surface area contributed by atoms with E-state index >= 15 is 0 Å². The standard InChI is InChI=1S/C28H24O16/c29-11-6-13(31)19-17(7-11)42-26(24(38)22(19)36)9-1-2-16(12(30)3-9)43-28-25(39)23(37)21(35)18(44-28)8-41-27(40)10-4-14(32)20(34)15(33)5-10/h1-7,18,21,23,25,28-35,37-39H,8H2/t18-,21-,23+,25-,28-/m1/s1. The molecule has 0 saturated carbocycles. The summed E-state index contributed by atoms with van der Waals surface area (Å²) in [4.78, 5) is 25.0. The van der Waals surface area contributed by atoms with Crippen molar-refractivity contribution in [3.63, 3.8) is 0 Å². The molecule has 1 aliphatic heterocycles. The number of hydrogen-bond donors (Lipinski definition) is 10. The minimum absolute atomic E-state index is 0.0501.